The van der Waals surface area contributed by atoms with Gasteiger partial charge in [-0.25, -0.2) is 4.79 Å². The van der Waals surface area contributed by atoms with Crippen LogP contribution < -0.4 is 4.90 Å². The summed E-state index contributed by atoms with van der Waals surface area (Å²) in [7, 11) is 0. The van der Waals surface area contributed by atoms with Crippen molar-refractivity contribution in [2.24, 2.45) is 0 Å². The number of nitriles is 1. The maximum absolute atomic E-state index is 11.6. The molecule has 0 saturated carbocycles. The highest BCUT2D eigenvalue weighted by Gasteiger charge is 2.11. The Balaban J connectivity index is 3.10. The van der Waals surface area contributed by atoms with Crippen LogP contribution in [0.25, 0.3) is 6.08 Å². The third-order valence-corrected chi connectivity index (χ3v) is 3.30. The molecule has 0 spiro atoms. The molecule has 0 amide bonds. The Bertz CT molecular complexity index is 567. The minimum atomic E-state index is -0.577. The van der Waals surface area contributed by atoms with Crippen molar-refractivity contribution in [2.75, 3.05) is 24.6 Å². The molecule has 0 atom stereocenters. The Hall–Kier alpha value is -2.28. The number of hydrogen-bond donors (Lipinski definition) is 0. The summed E-state index contributed by atoms with van der Waals surface area (Å²) in [5.41, 5.74) is 3.05. The van der Waals surface area contributed by atoms with E-state index in [0.29, 0.717) is 0 Å². The van der Waals surface area contributed by atoms with Crippen LogP contribution in [0.5, 0.6) is 0 Å². The highest BCUT2D eigenvalue weighted by molar-refractivity contribution is 5.98. The number of anilines is 1. The Morgan fingerprint density at radius 3 is 2.48 bits per heavy atom. The summed E-state index contributed by atoms with van der Waals surface area (Å²) >= 11 is 0. The Morgan fingerprint density at radius 2 is 2.00 bits per heavy atom. The first-order valence-corrected chi connectivity index (χ1v) is 7.21. The molecular weight excluding hydrogens is 264 g/mol. The maximum atomic E-state index is 11.6. The fourth-order valence-corrected chi connectivity index (χ4v) is 2.11. The number of ether oxygens (including phenoxy) is 1. The van der Waals surface area contributed by atoms with Gasteiger partial charge in [-0.15, -0.1) is 0 Å². The molecule has 1 rings (SSSR count). The highest BCUT2D eigenvalue weighted by atomic mass is 16.5. The quantitative estimate of drug-likeness (QED) is 0.457. The molecule has 0 N–H and O–H groups in total. The molecule has 0 fully saturated rings. The van der Waals surface area contributed by atoms with Crippen LogP contribution in [0.1, 0.15) is 31.9 Å². The predicted molar refractivity (Wildman–Crippen MR) is 85.0 cm³/mol. The summed E-state index contributed by atoms with van der Waals surface area (Å²) in [4.78, 5) is 13.9. The molecule has 112 valence electrons. The van der Waals surface area contributed by atoms with E-state index < -0.39 is 5.97 Å². The molecule has 4 heteroatoms. The smallest absolute Gasteiger partial charge is 0.348 e. The van der Waals surface area contributed by atoms with Gasteiger partial charge in [0.15, 0.2) is 0 Å². The van der Waals surface area contributed by atoms with E-state index in [9.17, 15) is 4.79 Å². The van der Waals surface area contributed by atoms with Crippen molar-refractivity contribution in [1.29, 1.82) is 5.26 Å². The van der Waals surface area contributed by atoms with Crippen LogP contribution in [0, 0.1) is 18.3 Å². The number of esters is 1. The van der Waals surface area contributed by atoms with Crippen LogP contribution in [0.3, 0.4) is 0 Å². The number of aryl methyl sites for hydroxylation is 1. The van der Waals surface area contributed by atoms with Crippen LogP contribution in [0.15, 0.2) is 23.8 Å². The van der Waals surface area contributed by atoms with Gasteiger partial charge in [0.05, 0.1) is 6.61 Å². The van der Waals surface area contributed by atoms with Gasteiger partial charge in [-0.2, -0.15) is 5.26 Å². The second kappa shape index (κ2) is 8.11. The van der Waals surface area contributed by atoms with Crippen molar-refractivity contribution < 1.29 is 9.53 Å². The summed E-state index contributed by atoms with van der Waals surface area (Å²) < 4.78 is 4.87. The van der Waals surface area contributed by atoms with Gasteiger partial charge >= 0.3 is 5.97 Å². The van der Waals surface area contributed by atoms with Crippen molar-refractivity contribution in [2.45, 2.75) is 27.7 Å². The van der Waals surface area contributed by atoms with E-state index in [1.807, 2.05) is 25.1 Å². The summed E-state index contributed by atoms with van der Waals surface area (Å²) in [6, 6.07) is 7.90. The van der Waals surface area contributed by atoms with Crippen LogP contribution >= 0.6 is 0 Å². The van der Waals surface area contributed by atoms with Gasteiger partial charge in [0.1, 0.15) is 11.6 Å². The minimum Gasteiger partial charge on any atom is -0.462 e. The topological polar surface area (TPSA) is 53.3 Å². The fourth-order valence-electron chi connectivity index (χ4n) is 2.11. The zero-order valence-electron chi connectivity index (χ0n) is 13.1. The lowest BCUT2D eigenvalue weighted by molar-refractivity contribution is -0.137. The predicted octanol–water partition coefficient (Wildman–Crippen LogP) is 3.31. The molecule has 0 unspecified atom stereocenters. The van der Waals surface area contributed by atoms with Gasteiger partial charge < -0.3 is 9.64 Å². The molecular formula is C17H22N2O2. The van der Waals surface area contributed by atoms with Gasteiger partial charge in [0.2, 0.25) is 0 Å². The first-order chi connectivity index (χ1) is 10.1. The Labute approximate surface area is 126 Å². The Kier molecular flexibility index (Phi) is 6.48. The van der Waals surface area contributed by atoms with Gasteiger partial charge in [0, 0.05) is 18.8 Å². The van der Waals surface area contributed by atoms with E-state index >= 15 is 0 Å². The van der Waals surface area contributed by atoms with Crippen molar-refractivity contribution in [3.63, 3.8) is 0 Å². The lowest BCUT2D eigenvalue weighted by Gasteiger charge is -2.21. The van der Waals surface area contributed by atoms with Gasteiger partial charge in [-0.3, -0.25) is 0 Å². The lowest BCUT2D eigenvalue weighted by atomic mass is 10.0. The van der Waals surface area contributed by atoms with Crippen LogP contribution in [0.2, 0.25) is 0 Å². The number of benzene rings is 1. The standard InChI is InChI=1S/C17H22N2O2/c1-5-19(6-2)16-9-8-14(13(4)10-16)11-15(12-18)17(20)21-7-3/h8-11H,5-7H2,1-4H3. The van der Waals surface area contributed by atoms with E-state index in [2.05, 4.69) is 24.8 Å². The zero-order valence-corrected chi connectivity index (χ0v) is 13.1. The first-order valence-electron chi connectivity index (χ1n) is 7.21. The largest absolute Gasteiger partial charge is 0.462 e. The first kappa shape index (κ1) is 16.8. The third kappa shape index (κ3) is 4.35. The summed E-state index contributed by atoms with van der Waals surface area (Å²) in [5, 5.41) is 9.07. The number of rotatable bonds is 6. The maximum Gasteiger partial charge on any atom is 0.348 e. The molecule has 0 aromatic heterocycles. The molecule has 0 radical (unpaired) electrons. The van der Waals surface area contributed by atoms with Crippen molar-refractivity contribution >= 4 is 17.7 Å². The SMILES string of the molecule is CCOC(=O)C(C#N)=Cc1ccc(N(CC)CC)cc1C. The average molecular weight is 286 g/mol. The van der Waals surface area contributed by atoms with Crippen LogP contribution in [-0.2, 0) is 9.53 Å². The molecule has 0 saturated heterocycles. The van der Waals surface area contributed by atoms with Crippen molar-refractivity contribution in [1.82, 2.24) is 0 Å². The fraction of sp³-hybridized carbons (Fsp3) is 0.412. The number of nitrogens with zero attached hydrogens (tertiary/aromatic N) is 2. The molecule has 0 aliphatic carbocycles. The number of carbonyl (C=O) groups excluding carboxylic acids is 1. The molecule has 1 aromatic rings. The second-order valence-corrected chi connectivity index (χ2v) is 4.60. The highest BCUT2D eigenvalue weighted by Crippen LogP contribution is 2.21. The normalized spacial score (nSPS) is 10.9. The van der Waals surface area contributed by atoms with Gasteiger partial charge in [-0.05, 0) is 57.0 Å². The molecule has 0 aliphatic heterocycles. The lowest BCUT2D eigenvalue weighted by Crippen LogP contribution is -2.21. The summed E-state index contributed by atoms with van der Waals surface area (Å²) in [5.74, 6) is -0.577. The van der Waals surface area contributed by atoms with Gasteiger partial charge in [-0.1, -0.05) is 6.07 Å². The number of hydrogen-bond acceptors (Lipinski definition) is 4. The van der Waals surface area contributed by atoms with E-state index in [0.717, 1.165) is 29.9 Å². The molecule has 0 bridgehead atoms. The van der Waals surface area contributed by atoms with Crippen molar-refractivity contribution in [3.8, 4) is 6.07 Å². The molecule has 0 heterocycles. The van der Waals surface area contributed by atoms with Crippen molar-refractivity contribution in [3.05, 3.63) is 34.9 Å². The van der Waals surface area contributed by atoms with Gasteiger partial charge in [0.25, 0.3) is 0 Å². The third-order valence-electron chi connectivity index (χ3n) is 3.30. The second-order valence-electron chi connectivity index (χ2n) is 4.60. The Morgan fingerprint density at radius 1 is 1.33 bits per heavy atom. The summed E-state index contributed by atoms with van der Waals surface area (Å²) in [6.07, 6.45) is 1.58. The van der Waals surface area contributed by atoms with Crippen LogP contribution in [-0.4, -0.2) is 25.7 Å². The molecule has 1 aromatic carbocycles. The monoisotopic (exact) mass is 286 g/mol. The number of carbonyl (C=O) groups is 1. The minimum absolute atomic E-state index is 0.0236. The van der Waals surface area contributed by atoms with Crippen LogP contribution in [0.4, 0.5) is 5.69 Å². The summed E-state index contributed by atoms with van der Waals surface area (Å²) in [6.45, 7) is 10.1. The zero-order chi connectivity index (χ0) is 15.8. The molecule has 21 heavy (non-hydrogen) atoms. The van der Waals surface area contributed by atoms with E-state index in [1.54, 1.807) is 13.0 Å². The van der Waals surface area contributed by atoms with E-state index in [1.165, 1.54) is 0 Å². The molecule has 4 nitrogen and oxygen atoms in total. The van der Waals surface area contributed by atoms with E-state index in [-0.39, 0.29) is 12.2 Å². The average Bonchev–Trinajstić information content (AvgIpc) is 2.48. The van der Waals surface area contributed by atoms with E-state index in [4.69, 9.17) is 10.00 Å². The molecule has 0 aliphatic rings.